The second-order valence-electron chi connectivity index (χ2n) is 16.6. The van der Waals surface area contributed by atoms with Crippen molar-refractivity contribution in [3.8, 4) is 11.5 Å². The molecule has 8 nitrogen and oxygen atoms in total. The topological polar surface area (TPSA) is 127 Å². The molecule has 7 rings (SSSR count). The van der Waals surface area contributed by atoms with Crippen LogP contribution in [0.1, 0.15) is 83.9 Å². The van der Waals surface area contributed by atoms with Gasteiger partial charge in [-0.1, -0.05) is 91.7 Å². The zero-order valence-corrected chi connectivity index (χ0v) is 34.5. The molecule has 0 spiro atoms. The Bertz CT molecular complexity index is 2160. The van der Waals surface area contributed by atoms with Crippen molar-refractivity contribution in [3.63, 3.8) is 0 Å². The highest BCUT2D eigenvalue weighted by molar-refractivity contribution is 6.06. The average Bonchev–Trinajstić information content (AvgIpc) is 3.25. The van der Waals surface area contributed by atoms with Crippen LogP contribution < -0.4 is 21.1 Å². The number of unbranched alkanes of at least 4 members (excludes halogenated alkanes) is 2. The van der Waals surface area contributed by atoms with Gasteiger partial charge in [0.1, 0.15) is 11.6 Å². The molecule has 4 atom stereocenters. The van der Waals surface area contributed by atoms with Crippen LogP contribution in [0.2, 0.25) is 0 Å². The van der Waals surface area contributed by atoms with Crippen molar-refractivity contribution in [1.29, 1.82) is 0 Å². The van der Waals surface area contributed by atoms with Crippen LogP contribution in [0, 0.1) is 17.8 Å². The number of aromatic nitrogens is 1. The summed E-state index contributed by atoms with van der Waals surface area (Å²) >= 11 is 0. The first kappa shape index (κ1) is 41.8. The number of anilines is 1. The Morgan fingerprint density at radius 1 is 0.915 bits per heavy atom. The average molecular weight is 793 g/mol. The van der Waals surface area contributed by atoms with E-state index < -0.39 is 0 Å². The van der Waals surface area contributed by atoms with E-state index in [1.807, 2.05) is 12.1 Å². The minimum absolute atomic E-state index is 0.0150. The lowest BCUT2D eigenvalue weighted by Crippen LogP contribution is -2.51. The molecule has 0 unspecified atom stereocenters. The maximum absolute atomic E-state index is 13.1. The van der Waals surface area contributed by atoms with E-state index in [1.54, 1.807) is 24.4 Å². The predicted octanol–water partition coefficient (Wildman–Crippen LogP) is 8.34. The molecule has 0 radical (unpaired) electrons. The molecule has 3 aromatic carbocycles. The fourth-order valence-electron chi connectivity index (χ4n) is 9.46. The number of piperidine rings is 1. The number of ether oxygens (including phenoxy) is 1. The number of carbonyl (C=O) groups excluding carboxylic acids is 2. The van der Waals surface area contributed by atoms with Crippen molar-refractivity contribution in [2.45, 2.75) is 83.1 Å². The molecule has 3 heterocycles. The number of phenols is 1. The number of carbonyl (C=O) groups is 2. The van der Waals surface area contributed by atoms with E-state index in [9.17, 15) is 14.7 Å². The van der Waals surface area contributed by atoms with Gasteiger partial charge in [-0.15, -0.1) is 0 Å². The van der Waals surface area contributed by atoms with Crippen molar-refractivity contribution < 1.29 is 19.4 Å². The zero-order chi connectivity index (χ0) is 41.0. The number of fused-ring (bicyclic) bond motifs is 2. The highest BCUT2D eigenvalue weighted by atomic mass is 16.5. The standard InChI is InChI=1S/C51H60N4O4/c1-59-49-30-38(21-22-45(57)32-44(56)15-6-3-7-16-47-46-23-25-53-33-43(46)27-40-14-9-24-54-51(40)47)41(29-48(49)58)28-42-34-55-50(52)31-39(42)20-19-37-13-8-12-36(26-37)18-17-35-10-4-2-5-11-35/h2,4-5,8-14,21-22,26-27,29-31,34,43,46-47,51,53-54,58H,3,6-7,15-20,23-25,28,32-33H2,1H3,(H2,52,55)/t43-,46-,47-,51+/m0/s1. The lowest BCUT2D eigenvalue weighted by molar-refractivity contribution is -0.124. The molecule has 8 heteroatoms. The van der Waals surface area contributed by atoms with E-state index in [4.69, 9.17) is 10.5 Å². The maximum atomic E-state index is 13.1. The molecule has 3 aliphatic rings. The molecular weight excluding hydrogens is 733 g/mol. The molecule has 4 aromatic rings. The number of Topliss-reactive ketones (excluding diaryl/α,β-unsaturated/α-hetero) is 1. The third kappa shape index (κ3) is 11.5. The minimum atomic E-state index is -0.233. The van der Waals surface area contributed by atoms with Crippen LogP contribution in [0.15, 0.2) is 109 Å². The molecule has 59 heavy (non-hydrogen) atoms. The van der Waals surface area contributed by atoms with E-state index in [0.717, 1.165) is 93.3 Å². The number of nitrogens with zero attached hydrogens (tertiary/aromatic N) is 1. The molecule has 1 fully saturated rings. The van der Waals surface area contributed by atoms with Crippen LogP contribution in [0.25, 0.3) is 6.08 Å². The molecule has 1 aliphatic carbocycles. The van der Waals surface area contributed by atoms with E-state index in [2.05, 4.69) is 82.4 Å². The quantitative estimate of drug-likeness (QED) is 0.0425. The Balaban J connectivity index is 0.927. The number of nitrogens with two attached hydrogens (primary N) is 1. The summed E-state index contributed by atoms with van der Waals surface area (Å²) in [6.07, 6.45) is 21.7. The largest absolute Gasteiger partial charge is 0.504 e. The molecule has 0 amide bonds. The summed E-state index contributed by atoms with van der Waals surface area (Å²) in [5.41, 5.74) is 15.2. The number of nitrogen functional groups attached to an aromatic ring is 1. The minimum Gasteiger partial charge on any atom is -0.504 e. The number of ketones is 2. The van der Waals surface area contributed by atoms with Crippen molar-refractivity contribution >= 4 is 23.5 Å². The predicted molar refractivity (Wildman–Crippen MR) is 238 cm³/mol. The van der Waals surface area contributed by atoms with Crippen molar-refractivity contribution in [2.24, 2.45) is 17.8 Å². The van der Waals surface area contributed by atoms with Gasteiger partial charge in [0.25, 0.3) is 0 Å². The van der Waals surface area contributed by atoms with Crippen molar-refractivity contribution in [3.05, 3.63) is 148 Å². The molecule has 1 aromatic heterocycles. The summed E-state index contributed by atoms with van der Waals surface area (Å²) in [5, 5.41) is 18.1. The van der Waals surface area contributed by atoms with Gasteiger partial charge in [-0.3, -0.25) is 9.59 Å². The van der Waals surface area contributed by atoms with Gasteiger partial charge in [0, 0.05) is 31.7 Å². The monoisotopic (exact) mass is 792 g/mol. The van der Waals surface area contributed by atoms with Crippen LogP contribution in [-0.4, -0.2) is 54.4 Å². The third-order valence-corrected chi connectivity index (χ3v) is 12.6. The number of phenolic OH excluding ortho intramolecular Hbond substituents is 1. The Kier molecular flexibility index (Phi) is 14.6. The Hall–Kier alpha value is -5.31. The van der Waals surface area contributed by atoms with Crippen LogP contribution in [0.3, 0.4) is 0 Å². The summed E-state index contributed by atoms with van der Waals surface area (Å²) in [5.74, 6) is 2.46. The van der Waals surface area contributed by atoms with Crippen LogP contribution in [0.5, 0.6) is 11.5 Å². The SMILES string of the molecule is COc1cc(C=CC(=O)CC(=O)CCCCC[C@H]2[C@H]3CCNC[C@@H]3C=C3C=CCN[C@H]32)c(Cc2cnc(N)cc2CCc2cccc(CCc3ccccc3)c2)cc1O. The smallest absolute Gasteiger partial charge is 0.163 e. The van der Waals surface area contributed by atoms with E-state index in [-0.39, 0.29) is 23.7 Å². The number of benzene rings is 3. The van der Waals surface area contributed by atoms with Gasteiger partial charge in [-0.05, 0) is 144 Å². The van der Waals surface area contributed by atoms with Crippen LogP contribution in [-0.2, 0) is 41.7 Å². The first-order chi connectivity index (χ1) is 28.8. The number of hydrogen-bond acceptors (Lipinski definition) is 8. The highest BCUT2D eigenvalue weighted by Gasteiger charge is 2.40. The Morgan fingerprint density at radius 2 is 1.71 bits per heavy atom. The van der Waals surface area contributed by atoms with Gasteiger partial charge >= 0.3 is 0 Å². The summed E-state index contributed by atoms with van der Waals surface area (Å²) < 4.78 is 5.43. The number of rotatable bonds is 19. The van der Waals surface area contributed by atoms with Gasteiger partial charge in [0.2, 0.25) is 0 Å². The van der Waals surface area contributed by atoms with Gasteiger partial charge in [0.15, 0.2) is 17.3 Å². The number of aromatic hydroxyl groups is 1. The molecular formula is C51H60N4O4. The second kappa shape index (κ2) is 20.6. The lowest BCUT2D eigenvalue weighted by Gasteiger charge is -2.46. The molecule has 2 aliphatic heterocycles. The first-order valence-electron chi connectivity index (χ1n) is 21.6. The first-order valence-corrected chi connectivity index (χ1v) is 21.6. The van der Waals surface area contributed by atoms with E-state index >= 15 is 0 Å². The van der Waals surface area contributed by atoms with Gasteiger partial charge in [-0.25, -0.2) is 4.98 Å². The molecule has 5 N–H and O–H groups in total. The number of nitrogens with one attached hydrogen (secondary N) is 2. The number of aryl methyl sites for hydroxylation is 4. The van der Waals surface area contributed by atoms with Gasteiger partial charge in [0.05, 0.1) is 13.5 Å². The molecule has 0 bridgehead atoms. The number of allylic oxidation sites excluding steroid dienone is 1. The summed E-state index contributed by atoms with van der Waals surface area (Å²) in [7, 11) is 1.50. The van der Waals surface area contributed by atoms with Crippen LogP contribution in [0.4, 0.5) is 5.82 Å². The molecule has 1 saturated heterocycles. The van der Waals surface area contributed by atoms with Gasteiger partial charge < -0.3 is 26.2 Å². The normalized spacial score (nSPS) is 19.8. The lowest BCUT2D eigenvalue weighted by atomic mass is 9.65. The maximum Gasteiger partial charge on any atom is 0.163 e. The fraction of sp³-hybridized carbons (Fsp3) is 0.392. The zero-order valence-electron chi connectivity index (χ0n) is 34.5. The highest BCUT2D eigenvalue weighted by Crippen LogP contribution is 2.41. The number of pyridine rings is 1. The second-order valence-corrected chi connectivity index (χ2v) is 16.6. The Morgan fingerprint density at radius 3 is 2.54 bits per heavy atom. The Labute approximate surface area is 350 Å². The number of hydrogen-bond donors (Lipinski definition) is 4. The third-order valence-electron chi connectivity index (χ3n) is 12.6. The van der Waals surface area contributed by atoms with Crippen molar-refractivity contribution in [2.75, 3.05) is 32.5 Å². The molecule has 308 valence electrons. The fourth-order valence-corrected chi connectivity index (χ4v) is 9.46. The van der Waals surface area contributed by atoms with Gasteiger partial charge in [-0.2, -0.15) is 0 Å². The van der Waals surface area contributed by atoms with E-state index in [1.165, 1.54) is 41.9 Å². The summed E-state index contributed by atoms with van der Waals surface area (Å²) in [6, 6.07) is 25.1. The molecule has 0 saturated carbocycles. The van der Waals surface area contributed by atoms with Crippen LogP contribution >= 0.6 is 0 Å². The number of methoxy groups -OCH3 is 1. The van der Waals surface area contributed by atoms with E-state index in [0.29, 0.717) is 48.2 Å². The summed E-state index contributed by atoms with van der Waals surface area (Å²) in [4.78, 5) is 30.4. The summed E-state index contributed by atoms with van der Waals surface area (Å²) in [6.45, 7) is 3.09. The van der Waals surface area contributed by atoms with Crippen molar-refractivity contribution in [1.82, 2.24) is 15.6 Å².